The summed E-state index contributed by atoms with van der Waals surface area (Å²) in [4.78, 5) is 14.2. The number of piperidine rings is 1. The predicted octanol–water partition coefficient (Wildman–Crippen LogP) is 0.888. The molecular weight excluding hydrogens is 248 g/mol. The van der Waals surface area contributed by atoms with Crippen LogP contribution in [0.25, 0.3) is 0 Å². The second-order valence-corrected chi connectivity index (χ2v) is 7.09. The van der Waals surface area contributed by atoms with Crippen LogP contribution in [0.5, 0.6) is 0 Å². The predicted molar refractivity (Wildman–Crippen MR) is 73.9 cm³/mol. The monoisotopic (exact) mass is 272 g/mol. The van der Waals surface area contributed by atoms with E-state index < -0.39 is 10.8 Å². The molecule has 0 aliphatic carbocycles. The van der Waals surface area contributed by atoms with E-state index in [-0.39, 0.29) is 11.9 Å². The molecule has 0 aromatic carbocycles. The zero-order chi connectivity index (χ0) is 13.0. The van der Waals surface area contributed by atoms with Crippen molar-refractivity contribution in [1.82, 2.24) is 10.2 Å². The topological polar surface area (TPSA) is 49.4 Å². The smallest absolute Gasteiger partial charge is 0.239 e. The van der Waals surface area contributed by atoms with Gasteiger partial charge in [0, 0.05) is 41.4 Å². The maximum absolute atomic E-state index is 12.2. The molecule has 5 heteroatoms. The number of amides is 1. The lowest BCUT2D eigenvalue weighted by Gasteiger charge is -2.32. The van der Waals surface area contributed by atoms with Crippen molar-refractivity contribution in [3.05, 3.63) is 0 Å². The Morgan fingerprint density at radius 2 is 1.83 bits per heavy atom. The Labute approximate surface area is 112 Å². The molecule has 104 valence electrons. The lowest BCUT2D eigenvalue weighted by atomic mass is 10.1. The molecular formula is C13H24N2O2S. The average Bonchev–Trinajstić information content (AvgIpc) is 2.41. The number of nitrogens with zero attached hydrogens (tertiary/aromatic N) is 1. The van der Waals surface area contributed by atoms with E-state index in [4.69, 9.17) is 0 Å². The van der Waals surface area contributed by atoms with E-state index in [1.54, 1.807) is 0 Å². The molecule has 0 saturated carbocycles. The number of hydrogen-bond acceptors (Lipinski definition) is 3. The van der Waals surface area contributed by atoms with E-state index >= 15 is 0 Å². The molecule has 2 fully saturated rings. The SMILES string of the molecule is CC(NC1CCS(=O)CC1)C(=O)N1CCCCC1. The van der Waals surface area contributed by atoms with Gasteiger partial charge in [-0.25, -0.2) is 0 Å². The Bertz CT molecular complexity index is 306. The number of carbonyl (C=O) groups excluding carboxylic acids is 1. The molecule has 2 aliphatic heterocycles. The summed E-state index contributed by atoms with van der Waals surface area (Å²) in [7, 11) is -0.626. The Hall–Kier alpha value is -0.420. The number of rotatable bonds is 3. The van der Waals surface area contributed by atoms with Crippen LogP contribution in [0.15, 0.2) is 0 Å². The first-order chi connectivity index (χ1) is 8.66. The van der Waals surface area contributed by atoms with Crippen LogP contribution in [0.1, 0.15) is 39.0 Å². The number of hydrogen-bond donors (Lipinski definition) is 1. The molecule has 0 aromatic rings. The highest BCUT2D eigenvalue weighted by molar-refractivity contribution is 7.85. The van der Waals surface area contributed by atoms with E-state index in [1.165, 1.54) is 6.42 Å². The summed E-state index contributed by atoms with van der Waals surface area (Å²) >= 11 is 0. The normalized spacial score (nSPS) is 31.1. The van der Waals surface area contributed by atoms with Crippen molar-refractivity contribution in [3.8, 4) is 0 Å². The van der Waals surface area contributed by atoms with Gasteiger partial charge in [0.15, 0.2) is 0 Å². The van der Waals surface area contributed by atoms with E-state index in [1.807, 2.05) is 11.8 Å². The van der Waals surface area contributed by atoms with Gasteiger partial charge in [0.25, 0.3) is 0 Å². The molecule has 1 amide bonds. The second-order valence-electron chi connectivity index (χ2n) is 5.40. The molecule has 1 atom stereocenters. The van der Waals surface area contributed by atoms with Crippen molar-refractivity contribution >= 4 is 16.7 Å². The largest absolute Gasteiger partial charge is 0.341 e. The quantitative estimate of drug-likeness (QED) is 0.830. The summed E-state index contributed by atoms with van der Waals surface area (Å²) in [5, 5.41) is 3.41. The second kappa shape index (κ2) is 6.66. The van der Waals surface area contributed by atoms with Crippen LogP contribution in [-0.4, -0.2) is 51.7 Å². The van der Waals surface area contributed by atoms with E-state index in [0.29, 0.717) is 6.04 Å². The molecule has 0 aromatic heterocycles. The fourth-order valence-electron chi connectivity index (χ4n) is 2.77. The van der Waals surface area contributed by atoms with Crippen LogP contribution in [0.3, 0.4) is 0 Å². The Morgan fingerprint density at radius 1 is 1.22 bits per heavy atom. The van der Waals surface area contributed by atoms with Crippen LogP contribution >= 0.6 is 0 Å². The minimum absolute atomic E-state index is 0.0976. The highest BCUT2D eigenvalue weighted by Gasteiger charge is 2.25. The summed E-state index contributed by atoms with van der Waals surface area (Å²) in [6.45, 7) is 3.79. The fourth-order valence-corrected chi connectivity index (χ4v) is 4.07. The van der Waals surface area contributed by atoms with E-state index in [9.17, 15) is 9.00 Å². The molecule has 2 heterocycles. The Kier molecular flexibility index (Phi) is 5.18. The first-order valence-electron chi connectivity index (χ1n) is 7.06. The van der Waals surface area contributed by atoms with Crippen LogP contribution in [0.4, 0.5) is 0 Å². The number of nitrogens with one attached hydrogen (secondary N) is 1. The van der Waals surface area contributed by atoms with Gasteiger partial charge in [-0.15, -0.1) is 0 Å². The summed E-state index contributed by atoms with van der Waals surface area (Å²) in [5.74, 6) is 1.80. The average molecular weight is 272 g/mol. The lowest BCUT2D eigenvalue weighted by molar-refractivity contribution is -0.134. The van der Waals surface area contributed by atoms with Crippen LogP contribution < -0.4 is 5.32 Å². The van der Waals surface area contributed by atoms with Gasteiger partial charge in [-0.3, -0.25) is 9.00 Å². The lowest BCUT2D eigenvalue weighted by Crippen LogP contribution is -2.50. The van der Waals surface area contributed by atoms with Gasteiger partial charge in [-0.05, 0) is 39.0 Å². The Morgan fingerprint density at radius 3 is 2.44 bits per heavy atom. The van der Waals surface area contributed by atoms with Crippen molar-refractivity contribution in [2.24, 2.45) is 0 Å². The third-order valence-corrected chi connectivity index (χ3v) is 5.29. The molecule has 0 spiro atoms. The summed E-state index contributed by atoms with van der Waals surface area (Å²) in [5.41, 5.74) is 0. The van der Waals surface area contributed by atoms with Crippen molar-refractivity contribution in [2.75, 3.05) is 24.6 Å². The molecule has 4 nitrogen and oxygen atoms in total. The molecule has 1 unspecified atom stereocenters. The highest BCUT2D eigenvalue weighted by atomic mass is 32.2. The van der Waals surface area contributed by atoms with Gasteiger partial charge < -0.3 is 10.2 Å². The summed E-state index contributed by atoms with van der Waals surface area (Å²) < 4.78 is 11.3. The molecule has 2 aliphatic rings. The molecule has 2 saturated heterocycles. The minimum atomic E-state index is -0.626. The van der Waals surface area contributed by atoms with Crippen molar-refractivity contribution < 1.29 is 9.00 Å². The number of likely N-dealkylation sites (tertiary alicyclic amines) is 1. The van der Waals surface area contributed by atoms with Crippen LogP contribution in [0.2, 0.25) is 0 Å². The first-order valence-corrected chi connectivity index (χ1v) is 8.55. The summed E-state index contributed by atoms with van der Waals surface area (Å²) in [6, 6.07) is 0.270. The fraction of sp³-hybridized carbons (Fsp3) is 0.923. The zero-order valence-corrected chi connectivity index (χ0v) is 12.0. The van der Waals surface area contributed by atoms with E-state index in [2.05, 4.69) is 5.32 Å². The van der Waals surface area contributed by atoms with Gasteiger partial charge >= 0.3 is 0 Å². The summed E-state index contributed by atoms with van der Waals surface area (Å²) in [6.07, 6.45) is 5.40. The van der Waals surface area contributed by atoms with Gasteiger partial charge in [0.2, 0.25) is 5.91 Å². The maximum Gasteiger partial charge on any atom is 0.239 e. The van der Waals surface area contributed by atoms with Gasteiger partial charge in [0.05, 0.1) is 6.04 Å². The van der Waals surface area contributed by atoms with E-state index in [0.717, 1.165) is 50.3 Å². The number of carbonyl (C=O) groups is 1. The molecule has 1 N–H and O–H groups in total. The molecule has 0 bridgehead atoms. The van der Waals surface area contributed by atoms with Crippen LogP contribution in [0, 0.1) is 0 Å². The van der Waals surface area contributed by atoms with Crippen molar-refractivity contribution in [1.29, 1.82) is 0 Å². The van der Waals surface area contributed by atoms with Crippen LogP contribution in [-0.2, 0) is 15.6 Å². The first kappa shape index (κ1) is 14.0. The standard InChI is InChI=1S/C13H24N2O2S/c1-11(13(16)15-7-3-2-4-8-15)14-12-5-9-18(17)10-6-12/h11-12,14H,2-10H2,1H3. The third kappa shape index (κ3) is 3.79. The molecule has 18 heavy (non-hydrogen) atoms. The maximum atomic E-state index is 12.2. The molecule has 0 radical (unpaired) electrons. The highest BCUT2D eigenvalue weighted by Crippen LogP contribution is 2.13. The third-order valence-electron chi connectivity index (χ3n) is 3.91. The Balaban J connectivity index is 1.77. The zero-order valence-electron chi connectivity index (χ0n) is 11.2. The molecule has 2 rings (SSSR count). The van der Waals surface area contributed by atoms with Gasteiger partial charge in [-0.2, -0.15) is 0 Å². The van der Waals surface area contributed by atoms with Gasteiger partial charge in [0.1, 0.15) is 0 Å². The minimum Gasteiger partial charge on any atom is -0.341 e. The van der Waals surface area contributed by atoms with Gasteiger partial charge in [-0.1, -0.05) is 0 Å². The van der Waals surface area contributed by atoms with Crippen molar-refractivity contribution in [2.45, 2.75) is 51.1 Å². The van der Waals surface area contributed by atoms with Crippen molar-refractivity contribution in [3.63, 3.8) is 0 Å².